The molecule has 8 nitrogen and oxygen atoms in total. The van der Waals surface area contributed by atoms with E-state index in [1.165, 1.54) is 36.3 Å². The van der Waals surface area contributed by atoms with E-state index in [0.29, 0.717) is 16.3 Å². The fourth-order valence-corrected chi connectivity index (χ4v) is 3.58. The number of aliphatic hydroxyl groups excluding tert-OH is 1. The second kappa shape index (κ2) is 10.8. The average molecular weight is 478 g/mol. The molecule has 0 aliphatic rings. The van der Waals surface area contributed by atoms with Gasteiger partial charge in [0.05, 0.1) is 5.56 Å². The minimum absolute atomic E-state index is 0.253. The van der Waals surface area contributed by atoms with Crippen LogP contribution < -0.4 is 15.4 Å². The Hall–Kier alpha value is -3.64. The average Bonchev–Trinajstić information content (AvgIpc) is 2.79. The molecule has 0 radical (unpaired) electrons. The molecule has 3 rings (SSSR count). The number of thioether (sulfide) groups is 1. The van der Waals surface area contributed by atoms with Crippen molar-refractivity contribution in [3.63, 3.8) is 0 Å². The predicted molar refractivity (Wildman–Crippen MR) is 115 cm³/mol. The van der Waals surface area contributed by atoms with E-state index in [-0.39, 0.29) is 17.1 Å². The number of nitrogens with one attached hydrogen (secondary N) is 2. The molecule has 0 aliphatic heterocycles. The number of carbonyl (C=O) groups excluding carboxylic acids is 2. The molecule has 1 aromatic carbocycles. The van der Waals surface area contributed by atoms with Gasteiger partial charge in [0.25, 0.3) is 11.8 Å². The van der Waals surface area contributed by atoms with Crippen LogP contribution in [0.25, 0.3) is 0 Å². The van der Waals surface area contributed by atoms with Crippen LogP contribution in [0.5, 0.6) is 5.75 Å². The van der Waals surface area contributed by atoms with Gasteiger partial charge in [-0.25, -0.2) is 9.97 Å². The normalized spacial score (nSPS) is 11.0. The van der Waals surface area contributed by atoms with Crippen LogP contribution in [0.1, 0.15) is 15.9 Å². The van der Waals surface area contributed by atoms with Crippen molar-refractivity contribution >= 4 is 35.1 Å². The van der Waals surface area contributed by atoms with Crippen molar-refractivity contribution in [3.05, 3.63) is 72.1 Å². The number of nitrogens with zero attached hydrogens (tertiary/aromatic N) is 2. The van der Waals surface area contributed by atoms with Gasteiger partial charge in [0, 0.05) is 29.4 Å². The Morgan fingerprint density at radius 3 is 2.39 bits per heavy atom. The number of alkyl halides is 3. The Labute approximate surface area is 190 Å². The fraction of sp³-hybridized carbons (Fsp3) is 0.143. The van der Waals surface area contributed by atoms with E-state index in [1.54, 1.807) is 24.3 Å². The summed E-state index contributed by atoms with van der Waals surface area (Å²) < 4.78 is 40.7. The SMILES string of the molecule is O=C(CO)Nc1ncccc1CSc1ncccc1C(=O)Nc1ccc(OC(F)(F)F)cc1. The Kier molecular flexibility index (Phi) is 7.85. The minimum Gasteiger partial charge on any atom is -0.406 e. The molecule has 0 bridgehead atoms. The Bertz CT molecular complexity index is 1130. The molecule has 33 heavy (non-hydrogen) atoms. The van der Waals surface area contributed by atoms with E-state index in [2.05, 4.69) is 25.3 Å². The van der Waals surface area contributed by atoms with Gasteiger partial charge in [-0.15, -0.1) is 24.9 Å². The van der Waals surface area contributed by atoms with Crippen molar-refractivity contribution in [2.45, 2.75) is 17.1 Å². The summed E-state index contributed by atoms with van der Waals surface area (Å²) in [6.07, 6.45) is -1.80. The van der Waals surface area contributed by atoms with Gasteiger partial charge in [-0.05, 0) is 42.5 Å². The lowest BCUT2D eigenvalue weighted by Crippen LogP contribution is -2.17. The maximum Gasteiger partial charge on any atom is 0.573 e. The highest BCUT2D eigenvalue weighted by molar-refractivity contribution is 7.98. The van der Waals surface area contributed by atoms with Crippen LogP contribution in [-0.2, 0) is 10.5 Å². The molecule has 0 spiro atoms. The number of halogens is 3. The molecule has 0 unspecified atom stereocenters. The van der Waals surface area contributed by atoms with Gasteiger partial charge in [-0.1, -0.05) is 6.07 Å². The number of aromatic nitrogens is 2. The summed E-state index contributed by atoms with van der Waals surface area (Å²) in [6, 6.07) is 11.3. The van der Waals surface area contributed by atoms with Gasteiger partial charge >= 0.3 is 6.36 Å². The molecule has 3 aromatic rings. The molecular formula is C21H17F3N4O4S. The zero-order valence-corrected chi connectivity index (χ0v) is 17.6. The lowest BCUT2D eigenvalue weighted by atomic mass is 10.2. The lowest BCUT2D eigenvalue weighted by molar-refractivity contribution is -0.274. The third-order valence-electron chi connectivity index (χ3n) is 4.02. The number of benzene rings is 1. The zero-order valence-electron chi connectivity index (χ0n) is 16.8. The van der Waals surface area contributed by atoms with E-state index in [4.69, 9.17) is 5.11 Å². The van der Waals surface area contributed by atoms with Crippen molar-refractivity contribution < 1.29 is 32.6 Å². The molecule has 2 heterocycles. The smallest absolute Gasteiger partial charge is 0.406 e. The van der Waals surface area contributed by atoms with E-state index >= 15 is 0 Å². The molecule has 0 saturated heterocycles. The van der Waals surface area contributed by atoms with Gasteiger partial charge < -0.3 is 20.5 Å². The number of anilines is 2. The number of aliphatic hydroxyl groups is 1. The standard InChI is InChI=1S/C21H17F3N4O4S/c22-21(23,24)32-15-7-5-14(6-8-15)27-19(31)16-4-2-10-26-20(16)33-12-13-3-1-9-25-18(13)28-17(30)11-29/h1-10,29H,11-12H2,(H,27,31)(H,25,28,30). The number of hydrogen-bond donors (Lipinski definition) is 3. The maximum absolute atomic E-state index is 12.7. The quantitative estimate of drug-likeness (QED) is 0.422. The number of ether oxygens (including phenoxy) is 1. The summed E-state index contributed by atoms with van der Waals surface area (Å²) in [5.41, 5.74) is 1.18. The lowest BCUT2D eigenvalue weighted by Gasteiger charge is -2.12. The molecule has 0 atom stereocenters. The van der Waals surface area contributed by atoms with E-state index in [0.717, 1.165) is 12.1 Å². The number of amides is 2. The van der Waals surface area contributed by atoms with Crippen molar-refractivity contribution in [3.8, 4) is 5.75 Å². The molecule has 2 amide bonds. The third-order valence-corrected chi connectivity index (χ3v) is 5.07. The molecule has 0 aliphatic carbocycles. The molecule has 12 heteroatoms. The third kappa shape index (κ3) is 7.19. The summed E-state index contributed by atoms with van der Waals surface area (Å²) >= 11 is 1.23. The second-order valence-electron chi connectivity index (χ2n) is 6.39. The first-order chi connectivity index (χ1) is 15.7. The minimum atomic E-state index is -4.80. The Morgan fingerprint density at radius 2 is 1.70 bits per heavy atom. The van der Waals surface area contributed by atoms with Gasteiger partial charge in [0.2, 0.25) is 0 Å². The summed E-state index contributed by atoms with van der Waals surface area (Å²) in [4.78, 5) is 32.5. The Balaban J connectivity index is 1.70. The monoisotopic (exact) mass is 478 g/mol. The maximum atomic E-state index is 12.7. The number of carbonyl (C=O) groups is 2. The van der Waals surface area contributed by atoms with Crippen molar-refractivity contribution in [1.29, 1.82) is 0 Å². The number of rotatable bonds is 8. The van der Waals surface area contributed by atoms with Crippen molar-refractivity contribution in [1.82, 2.24) is 9.97 Å². The van der Waals surface area contributed by atoms with Crippen LogP contribution in [-0.4, -0.2) is 39.9 Å². The topological polar surface area (TPSA) is 113 Å². The van der Waals surface area contributed by atoms with Crippen LogP contribution in [0.2, 0.25) is 0 Å². The van der Waals surface area contributed by atoms with Gasteiger partial charge in [-0.2, -0.15) is 0 Å². The molecule has 3 N–H and O–H groups in total. The molecule has 0 saturated carbocycles. The van der Waals surface area contributed by atoms with Gasteiger partial charge in [-0.3, -0.25) is 9.59 Å². The highest BCUT2D eigenvalue weighted by Crippen LogP contribution is 2.28. The molecule has 2 aromatic heterocycles. The van der Waals surface area contributed by atoms with E-state index in [1.807, 2.05) is 0 Å². The number of pyridine rings is 2. The predicted octanol–water partition coefficient (Wildman–Crippen LogP) is 3.85. The van der Waals surface area contributed by atoms with Crippen molar-refractivity contribution in [2.24, 2.45) is 0 Å². The first-order valence-electron chi connectivity index (χ1n) is 9.35. The molecular weight excluding hydrogens is 461 g/mol. The summed E-state index contributed by atoms with van der Waals surface area (Å²) in [7, 11) is 0. The highest BCUT2D eigenvalue weighted by Gasteiger charge is 2.31. The first-order valence-corrected chi connectivity index (χ1v) is 10.3. The van der Waals surface area contributed by atoms with Crippen LogP contribution in [0.4, 0.5) is 24.7 Å². The summed E-state index contributed by atoms with van der Waals surface area (Å²) in [6.45, 7) is -0.684. The highest BCUT2D eigenvalue weighted by atomic mass is 32.2. The zero-order chi connectivity index (χ0) is 23.8. The van der Waals surface area contributed by atoms with Crippen LogP contribution in [0.3, 0.4) is 0 Å². The number of hydrogen-bond acceptors (Lipinski definition) is 7. The molecule has 172 valence electrons. The van der Waals surface area contributed by atoms with Gasteiger partial charge in [0.15, 0.2) is 0 Å². The van der Waals surface area contributed by atoms with Crippen LogP contribution in [0.15, 0.2) is 66.0 Å². The Morgan fingerprint density at radius 1 is 1.00 bits per heavy atom. The second-order valence-corrected chi connectivity index (χ2v) is 7.35. The van der Waals surface area contributed by atoms with E-state index < -0.39 is 30.5 Å². The first kappa shape index (κ1) is 24.0. The van der Waals surface area contributed by atoms with Crippen molar-refractivity contribution in [2.75, 3.05) is 17.2 Å². The molecule has 0 fully saturated rings. The van der Waals surface area contributed by atoms with Crippen LogP contribution in [0, 0.1) is 0 Å². The fourth-order valence-electron chi connectivity index (χ4n) is 2.60. The summed E-state index contributed by atoms with van der Waals surface area (Å²) in [5, 5.41) is 14.4. The van der Waals surface area contributed by atoms with Crippen LogP contribution >= 0.6 is 11.8 Å². The van der Waals surface area contributed by atoms with Gasteiger partial charge in [0.1, 0.15) is 23.2 Å². The van der Waals surface area contributed by atoms with E-state index in [9.17, 15) is 22.8 Å². The summed E-state index contributed by atoms with van der Waals surface area (Å²) in [5.74, 6) is -0.916. The largest absolute Gasteiger partial charge is 0.573 e.